The highest BCUT2D eigenvalue weighted by Crippen LogP contribution is 2.25. The van der Waals surface area contributed by atoms with Crippen LogP contribution in [0.15, 0.2) is 12.1 Å². The van der Waals surface area contributed by atoms with Gasteiger partial charge in [-0.2, -0.15) is 0 Å². The van der Waals surface area contributed by atoms with Crippen LogP contribution in [-0.4, -0.2) is 29.7 Å². The number of anilines is 1. The van der Waals surface area contributed by atoms with Gasteiger partial charge in [0.1, 0.15) is 5.82 Å². The Hall–Kier alpha value is -1.65. The van der Waals surface area contributed by atoms with E-state index in [9.17, 15) is 4.79 Å². The molecule has 0 saturated carbocycles. The molecule has 2 N–H and O–H groups in total. The summed E-state index contributed by atoms with van der Waals surface area (Å²) >= 11 is 0. The van der Waals surface area contributed by atoms with Gasteiger partial charge >= 0.3 is 0 Å². The first kappa shape index (κ1) is 14.4. The lowest BCUT2D eigenvalue weighted by atomic mass is 9.81. The maximum Gasteiger partial charge on any atom is 0.271 e. The highest BCUT2D eigenvalue weighted by Gasteiger charge is 2.22. The lowest BCUT2D eigenvalue weighted by Gasteiger charge is -2.29. The summed E-state index contributed by atoms with van der Waals surface area (Å²) in [5.74, 6) is 1.04. The number of nitrogens with one attached hydrogen (secondary N) is 2. The predicted octanol–water partition coefficient (Wildman–Crippen LogP) is 1.93. The van der Waals surface area contributed by atoms with E-state index in [2.05, 4.69) is 48.5 Å². The van der Waals surface area contributed by atoms with Gasteiger partial charge in [-0.05, 0) is 23.5 Å². The molecule has 0 radical (unpaired) electrons. The van der Waals surface area contributed by atoms with Crippen LogP contribution in [0, 0.1) is 11.3 Å². The van der Waals surface area contributed by atoms with Crippen molar-refractivity contribution in [2.45, 2.75) is 27.7 Å². The zero-order valence-electron chi connectivity index (χ0n) is 11.7. The highest BCUT2D eigenvalue weighted by molar-refractivity contribution is 5.91. The molecule has 100 valence electrons. The molecule has 1 aromatic rings. The standard InChI is InChI=1S/C13H22N4O/c1-9(2)13(3,4)8-15-11-7-6-10(16-17-11)12(18)14-5/h6-7,9H,8H2,1-5H3,(H,14,18)(H,15,17). The van der Waals surface area contributed by atoms with Gasteiger partial charge in [0.25, 0.3) is 5.91 Å². The third-order valence-corrected chi connectivity index (χ3v) is 3.41. The summed E-state index contributed by atoms with van der Waals surface area (Å²) in [4.78, 5) is 11.3. The van der Waals surface area contributed by atoms with Crippen LogP contribution in [0.4, 0.5) is 5.82 Å². The monoisotopic (exact) mass is 250 g/mol. The second-order valence-electron chi connectivity index (χ2n) is 5.38. The van der Waals surface area contributed by atoms with Crippen molar-refractivity contribution < 1.29 is 4.79 Å². The van der Waals surface area contributed by atoms with Crippen LogP contribution in [0.5, 0.6) is 0 Å². The van der Waals surface area contributed by atoms with Gasteiger partial charge in [-0.3, -0.25) is 4.79 Å². The molecule has 0 saturated heterocycles. The summed E-state index contributed by atoms with van der Waals surface area (Å²) in [5, 5.41) is 13.6. The molecule has 0 aliphatic rings. The minimum absolute atomic E-state index is 0.182. The van der Waals surface area contributed by atoms with Crippen molar-refractivity contribution in [3.05, 3.63) is 17.8 Å². The van der Waals surface area contributed by atoms with Crippen molar-refractivity contribution in [3.63, 3.8) is 0 Å². The van der Waals surface area contributed by atoms with Crippen LogP contribution in [-0.2, 0) is 0 Å². The third kappa shape index (κ3) is 3.68. The molecule has 0 aromatic carbocycles. The fraction of sp³-hybridized carbons (Fsp3) is 0.615. The summed E-state index contributed by atoms with van der Waals surface area (Å²) in [6.07, 6.45) is 0. The fourth-order valence-corrected chi connectivity index (χ4v) is 1.20. The van der Waals surface area contributed by atoms with E-state index in [1.165, 1.54) is 0 Å². The molecule has 1 amide bonds. The Morgan fingerprint density at radius 1 is 1.33 bits per heavy atom. The van der Waals surface area contributed by atoms with Crippen LogP contribution in [0.2, 0.25) is 0 Å². The molecule has 0 unspecified atom stereocenters. The number of amides is 1. The maximum atomic E-state index is 11.3. The van der Waals surface area contributed by atoms with E-state index >= 15 is 0 Å². The second-order valence-corrected chi connectivity index (χ2v) is 5.38. The van der Waals surface area contributed by atoms with Crippen LogP contribution in [0.25, 0.3) is 0 Å². The molecule has 0 spiro atoms. The first-order valence-corrected chi connectivity index (χ1v) is 6.16. The molecule has 5 nitrogen and oxygen atoms in total. The normalized spacial score (nSPS) is 11.4. The molecule has 18 heavy (non-hydrogen) atoms. The van der Waals surface area contributed by atoms with Crippen LogP contribution < -0.4 is 10.6 Å². The van der Waals surface area contributed by atoms with Gasteiger partial charge in [0.05, 0.1) is 0 Å². The summed E-state index contributed by atoms with van der Waals surface area (Å²) in [6.45, 7) is 9.62. The first-order valence-electron chi connectivity index (χ1n) is 6.16. The Bertz CT molecular complexity index is 398. The number of carbonyl (C=O) groups is 1. The van der Waals surface area contributed by atoms with E-state index in [0.717, 1.165) is 6.54 Å². The Balaban J connectivity index is 2.62. The van der Waals surface area contributed by atoms with Gasteiger partial charge in [0.2, 0.25) is 0 Å². The van der Waals surface area contributed by atoms with E-state index in [1.807, 2.05) is 0 Å². The molecule has 0 atom stereocenters. The van der Waals surface area contributed by atoms with Crippen molar-refractivity contribution in [1.82, 2.24) is 15.5 Å². The average Bonchev–Trinajstić information content (AvgIpc) is 2.36. The maximum absolute atomic E-state index is 11.3. The predicted molar refractivity (Wildman–Crippen MR) is 72.5 cm³/mol. The Labute approximate surface area is 108 Å². The van der Waals surface area contributed by atoms with Gasteiger partial charge in [-0.1, -0.05) is 27.7 Å². The largest absolute Gasteiger partial charge is 0.368 e. The number of aromatic nitrogens is 2. The van der Waals surface area contributed by atoms with Crippen molar-refractivity contribution in [2.24, 2.45) is 11.3 Å². The van der Waals surface area contributed by atoms with Crippen molar-refractivity contribution in [1.29, 1.82) is 0 Å². The number of carbonyl (C=O) groups excluding carboxylic acids is 1. The minimum Gasteiger partial charge on any atom is -0.368 e. The van der Waals surface area contributed by atoms with Crippen LogP contribution in [0.1, 0.15) is 38.2 Å². The molecule has 1 heterocycles. The van der Waals surface area contributed by atoms with Gasteiger partial charge in [-0.25, -0.2) is 0 Å². The SMILES string of the molecule is CNC(=O)c1ccc(NCC(C)(C)C(C)C)nn1. The summed E-state index contributed by atoms with van der Waals surface area (Å²) in [6, 6.07) is 3.44. The van der Waals surface area contributed by atoms with Crippen LogP contribution in [0.3, 0.4) is 0 Å². The van der Waals surface area contributed by atoms with Gasteiger partial charge < -0.3 is 10.6 Å². The van der Waals surface area contributed by atoms with E-state index in [4.69, 9.17) is 0 Å². The number of hydrogen-bond donors (Lipinski definition) is 2. The quantitative estimate of drug-likeness (QED) is 0.838. The Morgan fingerprint density at radius 2 is 2.00 bits per heavy atom. The van der Waals surface area contributed by atoms with E-state index in [0.29, 0.717) is 17.4 Å². The number of hydrogen-bond acceptors (Lipinski definition) is 4. The molecule has 0 bridgehead atoms. The second kappa shape index (κ2) is 5.80. The Kier molecular flexibility index (Phi) is 4.64. The third-order valence-electron chi connectivity index (χ3n) is 3.41. The van der Waals surface area contributed by atoms with E-state index < -0.39 is 0 Å². The molecule has 5 heteroatoms. The molecular formula is C13H22N4O. The van der Waals surface area contributed by atoms with Crippen molar-refractivity contribution >= 4 is 11.7 Å². The van der Waals surface area contributed by atoms with Crippen molar-refractivity contribution in [2.75, 3.05) is 18.9 Å². The topological polar surface area (TPSA) is 66.9 Å². The van der Waals surface area contributed by atoms with Crippen LogP contribution >= 0.6 is 0 Å². The van der Waals surface area contributed by atoms with E-state index in [1.54, 1.807) is 19.2 Å². The lowest BCUT2D eigenvalue weighted by molar-refractivity contribution is 0.0957. The lowest BCUT2D eigenvalue weighted by Crippen LogP contribution is -2.29. The van der Waals surface area contributed by atoms with Gasteiger partial charge in [-0.15, -0.1) is 10.2 Å². The number of rotatable bonds is 5. The van der Waals surface area contributed by atoms with Gasteiger partial charge in [0.15, 0.2) is 5.69 Å². The zero-order valence-corrected chi connectivity index (χ0v) is 11.7. The van der Waals surface area contributed by atoms with E-state index in [-0.39, 0.29) is 11.3 Å². The minimum atomic E-state index is -0.225. The smallest absolute Gasteiger partial charge is 0.271 e. The zero-order chi connectivity index (χ0) is 13.8. The summed E-state index contributed by atoms with van der Waals surface area (Å²) < 4.78 is 0. The summed E-state index contributed by atoms with van der Waals surface area (Å²) in [7, 11) is 1.57. The van der Waals surface area contributed by atoms with Gasteiger partial charge in [0, 0.05) is 13.6 Å². The molecule has 0 aliphatic carbocycles. The molecule has 0 fully saturated rings. The summed E-state index contributed by atoms with van der Waals surface area (Å²) in [5.41, 5.74) is 0.507. The first-order chi connectivity index (χ1) is 8.36. The molecule has 1 aromatic heterocycles. The molecular weight excluding hydrogens is 228 g/mol. The molecule has 0 aliphatic heterocycles. The fourth-order valence-electron chi connectivity index (χ4n) is 1.20. The highest BCUT2D eigenvalue weighted by atomic mass is 16.1. The van der Waals surface area contributed by atoms with Crippen molar-refractivity contribution in [3.8, 4) is 0 Å². The number of nitrogens with zero attached hydrogens (tertiary/aromatic N) is 2. The average molecular weight is 250 g/mol. The molecule has 1 rings (SSSR count). The Morgan fingerprint density at radius 3 is 2.44 bits per heavy atom.